The first-order valence-corrected chi connectivity index (χ1v) is 6.06. The van der Waals surface area contributed by atoms with E-state index < -0.39 is 6.04 Å². The van der Waals surface area contributed by atoms with Crippen molar-refractivity contribution in [3.05, 3.63) is 65.0 Å². The van der Waals surface area contributed by atoms with Crippen molar-refractivity contribution in [3.63, 3.8) is 0 Å². The molecule has 2 aromatic carbocycles. The van der Waals surface area contributed by atoms with Gasteiger partial charge in [0.1, 0.15) is 11.9 Å². The summed E-state index contributed by atoms with van der Waals surface area (Å²) < 4.78 is 13.3. The topological polar surface area (TPSA) is 59.6 Å². The summed E-state index contributed by atoms with van der Waals surface area (Å²) in [6.07, 6.45) is 0. The van der Waals surface area contributed by atoms with Gasteiger partial charge < -0.3 is 5.32 Å². The fourth-order valence-electron chi connectivity index (χ4n) is 1.93. The Labute approximate surface area is 116 Å². The van der Waals surface area contributed by atoms with Gasteiger partial charge in [-0.3, -0.25) is 0 Å². The molecule has 0 fully saturated rings. The van der Waals surface area contributed by atoms with E-state index in [9.17, 15) is 9.65 Å². The molecule has 0 heterocycles. The second-order valence-electron chi connectivity index (χ2n) is 4.46. The van der Waals surface area contributed by atoms with E-state index in [0.717, 1.165) is 11.1 Å². The van der Waals surface area contributed by atoms with E-state index in [0.29, 0.717) is 11.3 Å². The van der Waals surface area contributed by atoms with Gasteiger partial charge in [0.25, 0.3) is 0 Å². The highest BCUT2D eigenvalue weighted by molar-refractivity contribution is 5.50. The summed E-state index contributed by atoms with van der Waals surface area (Å²) in [5, 5.41) is 21.0. The number of benzene rings is 2. The van der Waals surface area contributed by atoms with Crippen LogP contribution in [0.15, 0.2) is 42.5 Å². The first-order valence-electron chi connectivity index (χ1n) is 6.06. The molecule has 98 valence electrons. The van der Waals surface area contributed by atoms with Gasteiger partial charge in [0.05, 0.1) is 17.7 Å². The minimum absolute atomic E-state index is 0.344. The molecule has 0 radical (unpaired) electrons. The summed E-state index contributed by atoms with van der Waals surface area (Å²) >= 11 is 0. The predicted molar refractivity (Wildman–Crippen MR) is 74.3 cm³/mol. The number of rotatable bonds is 3. The smallest absolute Gasteiger partial charge is 0.140 e. The van der Waals surface area contributed by atoms with Crippen LogP contribution < -0.4 is 5.32 Å². The molecule has 0 saturated carbocycles. The molecule has 4 heteroatoms. The molecule has 0 aliphatic heterocycles. The molecular weight excluding hydrogens is 253 g/mol. The fourth-order valence-corrected chi connectivity index (χ4v) is 1.93. The zero-order valence-corrected chi connectivity index (χ0v) is 10.9. The quantitative estimate of drug-likeness (QED) is 0.920. The van der Waals surface area contributed by atoms with Crippen LogP contribution in [0.3, 0.4) is 0 Å². The van der Waals surface area contributed by atoms with Crippen LogP contribution in [0.5, 0.6) is 0 Å². The van der Waals surface area contributed by atoms with Crippen molar-refractivity contribution in [2.24, 2.45) is 0 Å². The maximum atomic E-state index is 13.3. The zero-order valence-electron chi connectivity index (χ0n) is 10.9. The molecule has 1 atom stereocenters. The van der Waals surface area contributed by atoms with Gasteiger partial charge in [-0.25, -0.2) is 4.39 Å². The van der Waals surface area contributed by atoms with E-state index in [1.807, 2.05) is 6.07 Å². The third kappa shape index (κ3) is 3.13. The molecule has 20 heavy (non-hydrogen) atoms. The summed E-state index contributed by atoms with van der Waals surface area (Å²) in [6.45, 7) is 1.79. The van der Waals surface area contributed by atoms with Gasteiger partial charge in [0.2, 0.25) is 0 Å². The fraction of sp³-hybridized carbons (Fsp3) is 0.125. The highest BCUT2D eigenvalue weighted by atomic mass is 19.1. The van der Waals surface area contributed by atoms with E-state index in [1.54, 1.807) is 37.3 Å². The molecule has 0 aromatic heterocycles. The van der Waals surface area contributed by atoms with Crippen LogP contribution in [0.25, 0.3) is 0 Å². The normalized spacial score (nSPS) is 11.2. The Kier molecular flexibility index (Phi) is 3.98. The van der Waals surface area contributed by atoms with Crippen LogP contribution in [0.1, 0.15) is 22.7 Å². The Morgan fingerprint density at radius 2 is 1.80 bits per heavy atom. The highest BCUT2D eigenvalue weighted by Gasteiger charge is 2.11. The van der Waals surface area contributed by atoms with Gasteiger partial charge in [0, 0.05) is 5.69 Å². The lowest BCUT2D eigenvalue weighted by Crippen LogP contribution is -2.08. The van der Waals surface area contributed by atoms with Crippen molar-refractivity contribution in [2.75, 3.05) is 5.32 Å². The van der Waals surface area contributed by atoms with Gasteiger partial charge in [-0.15, -0.1) is 0 Å². The van der Waals surface area contributed by atoms with Crippen LogP contribution in [-0.4, -0.2) is 0 Å². The van der Waals surface area contributed by atoms with Gasteiger partial charge in [0.15, 0.2) is 0 Å². The maximum Gasteiger partial charge on any atom is 0.140 e. The van der Waals surface area contributed by atoms with Crippen LogP contribution in [-0.2, 0) is 0 Å². The number of nitrogens with zero attached hydrogens (tertiary/aromatic N) is 2. The Morgan fingerprint density at radius 1 is 1.10 bits per heavy atom. The van der Waals surface area contributed by atoms with Crippen molar-refractivity contribution in [1.82, 2.24) is 0 Å². The molecule has 0 aliphatic carbocycles. The van der Waals surface area contributed by atoms with E-state index >= 15 is 0 Å². The number of aryl methyl sites for hydroxylation is 1. The van der Waals surface area contributed by atoms with Crippen molar-refractivity contribution in [2.45, 2.75) is 13.0 Å². The summed E-state index contributed by atoms with van der Waals surface area (Å²) in [7, 11) is 0. The molecule has 0 spiro atoms. The Bertz CT molecular complexity index is 673. The summed E-state index contributed by atoms with van der Waals surface area (Å²) in [5.41, 5.74) is 2.60. The minimum Gasteiger partial charge on any atom is -0.366 e. The Morgan fingerprint density at radius 3 is 2.35 bits per heavy atom. The summed E-state index contributed by atoms with van der Waals surface area (Å²) in [4.78, 5) is 0. The lowest BCUT2D eigenvalue weighted by molar-refractivity contribution is 0.627. The van der Waals surface area contributed by atoms with Crippen LogP contribution in [0.2, 0.25) is 0 Å². The standard InChI is InChI=1S/C16H12FN3/c1-11-6-14(17)8-15(7-11)20-16(10-19)13-4-2-12(9-18)3-5-13/h2-8,16,20H,1H3. The summed E-state index contributed by atoms with van der Waals surface area (Å²) in [5.74, 6) is -0.344. The van der Waals surface area contributed by atoms with Crippen LogP contribution in [0, 0.1) is 35.4 Å². The van der Waals surface area contributed by atoms with Gasteiger partial charge in [-0.05, 0) is 48.4 Å². The number of nitriles is 2. The lowest BCUT2D eigenvalue weighted by atomic mass is 10.1. The Hall–Kier alpha value is -2.85. The SMILES string of the molecule is Cc1cc(F)cc(NC(C#N)c2ccc(C#N)cc2)c1. The molecule has 0 amide bonds. The predicted octanol–water partition coefficient (Wildman–Crippen LogP) is 3.68. The molecule has 0 saturated heterocycles. The minimum atomic E-state index is -0.594. The zero-order chi connectivity index (χ0) is 14.5. The van der Waals surface area contributed by atoms with E-state index in [4.69, 9.17) is 5.26 Å². The third-order valence-electron chi connectivity index (χ3n) is 2.86. The number of hydrogen-bond donors (Lipinski definition) is 1. The van der Waals surface area contributed by atoms with Crippen LogP contribution in [0.4, 0.5) is 10.1 Å². The van der Waals surface area contributed by atoms with Crippen LogP contribution >= 0.6 is 0 Å². The van der Waals surface area contributed by atoms with E-state index in [1.165, 1.54) is 12.1 Å². The van der Waals surface area contributed by atoms with Crippen molar-refractivity contribution >= 4 is 5.69 Å². The van der Waals surface area contributed by atoms with E-state index in [-0.39, 0.29) is 5.82 Å². The average molecular weight is 265 g/mol. The first kappa shape index (κ1) is 13.6. The lowest BCUT2D eigenvalue weighted by Gasteiger charge is -2.14. The molecule has 1 N–H and O–H groups in total. The molecule has 0 aliphatic rings. The summed E-state index contributed by atoms with van der Waals surface area (Å²) in [6, 6.07) is 14.8. The number of hydrogen-bond acceptors (Lipinski definition) is 3. The molecule has 3 nitrogen and oxygen atoms in total. The Balaban J connectivity index is 2.24. The number of nitrogens with one attached hydrogen (secondary N) is 1. The monoisotopic (exact) mass is 265 g/mol. The second kappa shape index (κ2) is 5.86. The molecular formula is C16H12FN3. The van der Waals surface area contributed by atoms with Crippen molar-refractivity contribution < 1.29 is 4.39 Å². The third-order valence-corrected chi connectivity index (χ3v) is 2.86. The van der Waals surface area contributed by atoms with E-state index in [2.05, 4.69) is 11.4 Å². The van der Waals surface area contributed by atoms with Gasteiger partial charge >= 0.3 is 0 Å². The highest BCUT2D eigenvalue weighted by Crippen LogP contribution is 2.21. The first-order chi connectivity index (χ1) is 9.62. The molecule has 0 bridgehead atoms. The number of anilines is 1. The molecule has 2 aromatic rings. The second-order valence-corrected chi connectivity index (χ2v) is 4.46. The maximum absolute atomic E-state index is 13.3. The van der Waals surface area contributed by atoms with Crippen molar-refractivity contribution in [3.8, 4) is 12.1 Å². The average Bonchev–Trinajstić information content (AvgIpc) is 2.44. The largest absolute Gasteiger partial charge is 0.366 e. The molecule has 1 unspecified atom stereocenters. The van der Waals surface area contributed by atoms with Gasteiger partial charge in [-0.1, -0.05) is 12.1 Å². The van der Waals surface area contributed by atoms with Crippen molar-refractivity contribution in [1.29, 1.82) is 10.5 Å². The number of halogens is 1. The molecule has 2 rings (SSSR count). The van der Waals surface area contributed by atoms with Gasteiger partial charge in [-0.2, -0.15) is 10.5 Å².